The summed E-state index contributed by atoms with van der Waals surface area (Å²) >= 11 is 3.58. The summed E-state index contributed by atoms with van der Waals surface area (Å²) in [7, 11) is 0. The van der Waals surface area contributed by atoms with Crippen LogP contribution in [0.1, 0.15) is 34.6 Å². The van der Waals surface area contributed by atoms with Crippen molar-refractivity contribution in [2.45, 2.75) is 46.3 Å². The van der Waals surface area contributed by atoms with Crippen LogP contribution < -0.4 is 10.2 Å². The van der Waals surface area contributed by atoms with E-state index < -0.39 is 11.7 Å². The van der Waals surface area contributed by atoms with E-state index in [-0.39, 0.29) is 6.10 Å². The molecule has 0 spiro atoms. The van der Waals surface area contributed by atoms with Crippen molar-refractivity contribution in [2.75, 3.05) is 31.1 Å². The first-order chi connectivity index (χ1) is 12.8. The maximum absolute atomic E-state index is 11.8. The number of carbonyl (C=O) groups excluding carboxylic acids is 1. The molecule has 1 aliphatic rings. The number of hydrogen-bond acceptors (Lipinski definition) is 6. The number of aromatic nitrogens is 3. The highest BCUT2D eigenvalue weighted by atomic mass is 79.9. The molecule has 9 heteroatoms. The van der Waals surface area contributed by atoms with Gasteiger partial charge in [0.25, 0.3) is 0 Å². The number of alkyl carbamates (subject to hydrolysis) is 1. The molecule has 27 heavy (non-hydrogen) atoms. The highest BCUT2D eigenvalue weighted by Gasteiger charge is 2.25. The third-order valence-corrected chi connectivity index (χ3v) is 4.32. The van der Waals surface area contributed by atoms with Crippen LogP contribution in [0.4, 0.5) is 10.5 Å². The first-order valence-electron chi connectivity index (χ1n) is 9.14. The van der Waals surface area contributed by atoms with Crippen LogP contribution in [0.3, 0.4) is 0 Å². The highest BCUT2D eigenvalue weighted by Crippen LogP contribution is 2.33. The molecular weight excluding hydrogens is 414 g/mol. The summed E-state index contributed by atoms with van der Waals surface area (Å²) < 4.78 is 11.9. The minimum atomic E-state index is -0.516. The Balaban J connectivity index is 0.00000126. The molecule has 0 aliphatic carbocycles. The maximum atomic E-state index is 11.8. The molecule has 1 unspecified atom stereocenters. The number of aromatic amines is 1. The summed E-state index contributed by atoms with van der Waals surface area (Å²) in [6, 6.07) is 0. The SMILES string of the molecule is CC.CC(C)(C)OC(=O)NCC1CN(c2c(Br)cnc3[nH]ncc23)CCO1. The second-order valence-corrected chi connectivity index (χ2v) is 7.76. The molecule has 1 amide bonds. The van der Waals surface area contributed by atoms with E-state index in [1.165, 1.54) is 0 Å². The molecule has 2 aromatic rings. The lowest BCUT2D eigenvalue weighted by molar-refractivity contribution is 0.0283. The summed E-state index contributed by atoms with van der Waals surface area (Å²) in [5.74, 6) is 0. The predicted molar refractivity (Wildman–Crippen MR) is 109 cm³/mol. The number of nitrogens with zero attached hydrogens (tertiary/aromatic N) is 3. The van der Waals surface area contributed by atoms with E-state index in [1.807, 2.05) is 34.6 Å². The minimum Gasteiger partial charge on any atom is -0.444 e. The number of anilines is 1. The van der Waals surface area contributed by atoms with E-state index in [1.54, 1.807) is 12.4 Å². The van der Waals surface area contributed by atoms with Crippen molar-refractivity contribution in [3.8, 4) is 0 Å². The number of rotatable bonds is 3. The van der Waals surface area contributed by atoms with Crippen molar-refractivity contribution < 1.29 is 14.3 Å². The first-order valence-corrected chi connectivity index (χ1v) is 9.94. The highest BCUT2D eigenvalue weighted by molar-refractivity contribution is 9.10. The van der Waals surface area contributed by atoms with Crippen LogP contribution >= 0.6 is 15.9 Å². The molecule has 150 valence electrons. The summed E-state index contributed by atoms with van der Waals surface area (Å²) in [5, 5.41) is 10.7. The fraction of sp³-hybridized carbons (Fsp3) is 0.611. The van der Waals surface area contributed by atoms with Crippen LogP contribution in [0.5, 0.6) is 0 Å². The standard InChI is InChI=1S/C16H22BrN5O3.C2H6/c1-16(2,3)25-15(23)19-6-10-9-22(4-5-24-10)13-11-7-20-21-14(11)18-8-12(13)17;1-2/h7-8,10H,4-6,9H2,1-3H3,(H,19,23)(H,18,20,21);1-2H3. The maximum Gasteiger partial charge on any atom is 0.407 e. The zero-order valence-corrected chi connectivity index (χ0v) is 18.1. The van der Waals surface area contributed by atoms with Gasteiger partial charge in [-0.2, -0.15) is 5.10 Å². The van der Waals surface area contributed by atoms with Crippen LogP contribution in [-0.4, -0.2) is 59.2 Å². The van der Waals surface area contributed by atoms with Gasteiger partial charge in [0.15, 0.2) is 5.65 Å². The van der Waals surface area contributed by atoms with Crippen LogP contribution in [0.2, 0.25) is 0 Å². The summed E-state index contributed by atoms with van der Waals surface area (Å²) in [6.45, 7) is 11.9. The fourth-order valence-corrected chi connectivity index (χ4v) is 3.31. The molecule has 1 atom stereocenters. The van der Waals surface area contributed by atoms with Crippen molar-refractivity contribution in [1.82, 2.24) is 20.5 Å². The number of pyridine rings is 1. The Morgan fingerprint density at radius 3 is 2.89 bits per heavy atom. The predicted octanol–water partition coefficient (Wildman–Crippen LogP) is 3.48. The Labute approximate surface area is 168 Å². The molecule has 1 fully saturated rings. The van der Waals surface area contributed by atoms with Gasteiger partial charge >= 0.3 is 6.09 Å². The van der Waals surface area contributed by atoms with Gasteiger partial charge in [-0.05, 0) is 36.7 Å². The van der Waals surface area contributed by atoms with Gasteiger partial charge in [0.2, 0.25) is 0 Å². The molecule has 1 aliphatic heterocycles. The average molecular weight is 442 g/mol. The van der Waals surface area contributed by atoms with Gasteiger partial charge < -0.3 is 19.7 Å². The van der Waals surface area contributed by atoms with Gasteiger partial charge in [-0.25, -0.2) is 9.78 Å². The molecule has 0 radical (unpaired) electrons. The van der Waals surface area contributed by atoms with Gasteiger partial charge in [0.05, 0.1) is 34.5 Å². The number of halogens is 1. The van der Waals surface area contributed by atoms with Crippen LogP contribution in [0, 0.1) is 0 Å². The molecule has 2 aromatic heterocycles. The number of morpholine rings is 1. The molecular formula is C18H28BrN5O3. The normalized spacial score (nSPS) is 17.3. The lowest BCUT2D eigenvalue weighted by atomic mass is 10.2. The van der Waals surface area contributed by atoms with Gasteiger partial charge in [0, 0.05) is 25.8 Å². The molecule has 1 saturated heterocycles. The van der Waals surface area contributed by atoms with E-state index in [2.05, 4.69) is 41.3 Å². The zero-order valence-electron chi connectivity index (χ0n) is 16.5. The van der Waals surface area contributed by atoms with Crippen molar-refractivity contribution in [3.63, 3.8) is 0 Å². The lowest BCUT2D eigenvalue weighted by Crippen LogP contribution is -2.48. The van der Waals surface area contributed by atoms with E-state index in [4.69, 9.17) is 9.47 Å². The van der Waals surface area contributed by atoms with Crippen molar-refractivity contribution >= 4 is 38.7 Å². The van der Waals surface area contributed by atoms with Gasteiger partial charge in [-0.1, -0.05) is 13.8 Å². The van der Waals surface area contributed by atoms with Crippen LogP contribution in [0.15, 0.2) is 16.9 Å². The lowest BCUT2D eigenvalue weighted by Gasteiger charge is -2.35. The second-order valence-electron chi connectivity index (χ2n) is 6.91. The van der Waals surface area contributed by atoms with E-state index in [0.29, 0.717) is 19.7 Å². The smallest absolute Gasteiger partial charge is 0.407 e. The Bertz CT molecular complexity index is 759. The molecule has 0 aromatic carbocycles. The van der Waals surface area contributed by atoms with Crippen LogP contribution in [0.25, 0.3) is 11.0 Å². The molecule has 8 nitrogen and oxygen atoms in total. The van der Waals surface area contributed by atoms with Crippen LogP contribution in [-0.2, 0) is 9.47 Å². The summed E-state index contributed by atoms with van der Waals surface area (Å²) in [5.41, 5.74) is 1.26. The average Bonchev–Trinajstić information content (AvgIpc) is 3.09. The number of nitrogens with one attached hydrogen (secondary N) is 2. The fourth-order valence-electron chi connectivity index (χ4n) is 2.74. The van der Waals surface area contributed by atoms with E-state index >= 15 is 0 Å². The van der Waals surface area contributed by atoms with Gasteiger partial charge in [-0.3, -0.25) is 5.10 Å². The van der Waals surface area contributed by atoms with E-state index in [9.17, 15) is 4.79 Å². The van der Waals surface area contributed by atoms with Gasteiger partial charge in [0.1, 0.15) is 5.60 Å². The Morgan fingerprint density at radius 1 is 1.44 bits per heavy atom. The van der Waals surface area contributed by atoms with E-state index in [0.717, 1.165) is 27.7 Å². The van der Waals surface area contributed by atoms with Crippen molar-refractivity contribution in [3.05, 3.63) is 16.9 Å². The number of carbonyl (C=O) groups is 1. The van der Waals surface area contributed by atoms with Gasteiger partial charge in [-0.15, -0.1) is 0 Å². The molecule has 2 N–H and O–H groups in total. The molecule has 0 bridgehead atoms. The number of ether oxygens (including phenoxy) is 2. The first kappa shape index (κ1) is 21.4. The Morgan fingerprint density at radius 2 is 2.19 bits per heavy atom. The third kappa shape index (κ3) is 5.80. The second kappa shape index (κ2) is 9.36. The topological polar surface area (TPSA) is 92.4 Å². The monoisotopic (exact) mass is 441 g/mol. The summed E-state index contributed by atoms with van der Waals surface area (Å²) in [4.78, 5) is 18.3. The third-order valence-electron chi connectivity index (χ3n) is 3.74. The van der Waals surface area contributed by atoms with Crippen molar-refractivity contribution in [2.24, 2.45) is 0 Å². The molecule has 3 rings (SSSR count). The number of hydrogen-bond donors (Lipinski definition) is 2. The summed E-state index contributed by atoms with van der Waals surface area (Å²) in [6.07, 6.45) is 2.98. The number of amides is 1. The number of fused-ring (bicyclic) bond motifs is 1. The number of H-pyrrole nitrogens is 1. The Hall–Kier alpha value is -1.87. The quantitative estimate of drug-likeness (QED) is 0.757. The Kier molecular flexibility index (Phi) is 7.43. The largest absolute Gasteiger partial charge is 0.444 e. The zero-order chi connectivity index (χ0) is 20.0. The minimum absolute atomic E-state index is 0.122. The molecule has 0 saturated carbocycles. The van der Waals surface area contributed by atoms with Crippen molar-refractivity contribution in [1.29, 1.82) is 0 Å². The molecule has 3 heterocycles.